The van der Waals surface area contributed by atoms with E-state index in [0.717, 1.165) is 25.8 Å². The molecule has 0 aromatic rings. The van der Waals surface area contributed by atoms with E-state index in [1.54, 1.807) is 0 Å². The second-order valence-electron chi connectivity index (χ2n) is 3.94. The molecule has 98 valence electrons. The molecule has 5 heteroatoms. The second-order valence-corrected chi connectivity index (χ2v) is 6.48. The summed E-state index contributed by atoms with van der Waals surface area (Å²) in [5.74, 6) is 0. The van der Waals surface area contributed by atoms with E-state index in [1.807, 2.05) is 20.4 Å². The normalized spacial score (nSPS) is 14.1. The van der Waals surface area contributed by atoms with Crippen molar-refractivity contribution in [1.29, 1.82) is 0 Å². The van der Waals surface area contributed by atoms with E-state index in [-0.39, 0.29) is 6.10 Å². The Balaban J connectivity index is 3.96. The molecule has 0 aromatic heterocycles. The molecule has 0 heterocycles. The molecule has 0 bridgehead atoms. The largest absolute Gasteiger partial charge is 0.497 e. The van der Waals surface area contributed by atoms with E-state index in [4.69, 9.17) is 19.0 Å². The highest BCUT2D eigenvalue weighted by atomic mass is 28.4. The Morgan fingerprint density at radius 2 is 1.69 bits per heavy atom. The van der Waals surface area contributed by atoms with E-state index >= 15 is 0 Å². The summed E-state index contributed by atoms with van der Waals surface area (Å²) in [4.78, 5) is 0. The molecule has 0 rings (SSSR count). The maximum absolute atomic E-state index is 5.92. The first kappa shape index (κ1) is 16.1. The second kappa shape index (κ2) is 9.12. The van der Waals surface area contributed by atoms with E-state index < -0.39 is 8.80 Å². The third-order valence-corrected chi connectivity index (χ3v) is 4.75. The summed E-state index contributed by atoms with van der Waals surface area (Å²) in [7, 11) is -2.40. The first-order chi connectivity index (χ1) is 7.58. The Bertz CT molecular complexity index is 163. The van der Waals surface area contributed by atoms with Crippen LogP contribution in [0.3, 0.4) is 0 Å². The molecule has 0 aromatic carbocycles. The van der Waals surface area contributed by atoms with Crippen LogP contribution in [0, 0.1) is 0 Å². The van der Waals surface area contributed by atoms with Gasteiger partial charge < -0.3 is 19.0 Å². The van der Waals surface area contributed by atoms with Gasteiger partial charge in [0, 0.05) is 25.9 Å². The van der Waals surface area contributed by atoms with Gasteiger partial charge in [0.1, 0.15) is 0 Å². The molecule has 0 amide bonds. The van der Waals surface area contributed by atoms with E-state index in [9.17, 15) is 0 Å². The average molecular weight is 249 g/mol. The van der Waals surface area contributed by atoms with Crippen LogP contribution < -0.4 is 5.73 Å². The van der Waals surface area contributed by atoms with Gasteiger partial charge in [0.05, 0.1) is 0 Å². The molecular weight excluding hydrogens is 222 g/mol. The molecule has 0 radical (unpaired) electrons. The van der Waals surface area contributed by atoms with Crippen LogP contribution in [0.1, 0.15) is 40.0 Å². The summed E-state index contributed by atoms with van der Waals surface area (Å²) in [5, 5.41) is 0. The number of nitrogens with two attached hydrogens (primary N) is 1. The van der Waals surface area contributed by atoms with Crippen LogP contribution in [0.4, 0.5) is 0 Å². The number of unbranched alkanes of at least 4 members (excludes halogenated alkanes) is 1. The molecule has 16 heavy (non-hydrogen) atoms. The van der Waals surface area contributed by atoms with Crippen LogP contribution in [0.25, 0.3) is 0 Å². The third-order valence-electron chi connectivity index (χ3n) is 2.29. The highest BCUT2D eigenvalue weighted by Gasteiger charge is 2.35. The quantitative estimate of drug-likeness (QED) is 0.476. The van der Waals surface area contributed by atoms with Gasteiger partial charge in [0.25, 0.3) is 0 Å². The van der Waals surface area contributed by atoms with Gasteiger partial charge in [-0.05, 0) is 46.6 Å². The fraction of sp³-hybridized carbons (Fsp3) is 1.00. The van der Waals surface area contributed by atoms with Gasteiger partial charge in [0.2, 0.25) is 0 Å². The SMILES string of the molecule is CCO[Si](C)(OCC)OC(C)CCCCN. The van der Waals surface area contributed by atoms with Crippen molar-refractivity contribution in [2.75, 3.05) is 19.8 Å². The Hall–Kier alpha value is 0.0569. The first-order valence-electron chi connectivity index (χ1n) is 6.23. The standard InChI is InChI=1S/C11H27NO3Si/c1-5-13-16(4,14-6-2)15-11(3)9-7-8-10-12/h11H,5-10,12H2,1-4H3. The number of hydrogen-bond acceptors (Lipinski definition) is 4. The Morgan fingerprint density at radius 1 is 1.12 bits per heavy atom. The van der Waals surface area contributed by atoms with Gasteiger partial charge in [-0.15, -0.1) is 0 Å². The predicted molar refractivity (Wildman–Crippen MR) is 68.3 cm³/mol. The van der Waals surface area contributed by atoms with E-state index in [0.29, 0.717) is 13.2 Å². The highest BCUT2D eigenvalue weighted by Crippen LogP contribution is 2.15. The molecule has 0 fully saturated rings. The van der Waals surface area contributed by atoms with Crippen LogP contribution in [-0.2, 0) is 13.3 Å². The molecule has 0 aliphatic carbocycles. The van der Waals surface area contributed by atoms with E-state index in [2.05, 4.69) is 6.92 Å². The fourth-order valence-electron chi connectivity index (χ4n) is 1.63. The van der Waals surface area contributed by atoms with Gasteiger partial charge in [-0.25, -0.2) is 0 Å². The molecule has 0 saturated heterocycles. The maximum Gasteiger partial charge on any atom is 0.497 e. The topological polar surface area (TPSA) is 53.7 Å². The van der Waals surface area contributed by atoms with Gasteiger partial charge in [-0.3, -0.25) is 0 Å². The third kappa shape index (κ3) is 7.35. The van der Waals surface area contributed by atoms with Crippen molar-refractivity contribution in [2.24, 2.45) is 5.73 Å². The Labute approximate surface area is 101 Å². The highest BCUT2D eigenvalue weighted by molar-refractivity contribution is 6.59. The van der Waals surface area contributed by atoms with Crippen molar-refractivity contribution in [3.63, 3.8) is 0 Å². The first-order valence-corrected chi connectivity index (χ1v) is 8.46. The molecule has 4 nitrogen and oxygen atoms in total. The van der Waals surface area contributed by atoms with Crippen molar-refractivity contribution in [1.82, 2.24) is 0 Å². The van der Waals surface area contributed by atoms with Crippen molar-refractivity contribution < 1.29 is 13.3 Å². The molecule has 2 N–H and O–H groups in total. The fourth-order valence-corrected chi connectivity index (χ4v) is 3.75. The summed E-state index contributed by atoms with van der Waals surface area (Å²) >= 11 is 0. The lowest BCUT2D eigenvalue weighted by Gasteiger charge is -2.28. The molecule has 0 spiro atoms. The molecule has 0 saturated carbocycles. The van der Waals surface area contributed by atoms with Crippen molar-refractivity contribution in [2.45, 2.75) is 52.7 Å². The average Bonchev–Trinajstić information content (AvgIpc) is 2.18. The van der Waals surface area contributed by atoms with Crippen LogP contribution in [0.15, 0.2) is 0 Å². The van der Waals surface area contributed by atoms with Gasteiger partial charge in [-0.1, -0.05) is 0 Å². The maximum atomic E-state index is 5.92. The van der Waals surface area contributed by atoms with Gasteiger partial charge in [0.15, 0.2) is 0 Å². The summed E-state index contributed by atoms with van der Waals surface area (Å²) in [6.45, 7) is 9.98. The monoisotopic (exact) mass is 249 g/mol. The molecule has 1 atom stereocenters. The lowest BCUT2D eigenvalue weighted by Crippen LogP contribution is -2.45. The molecule has 0 aliphatic heterocycles. The van der Waals surface area contributed by atoms with Crippen LogP contribution >= 0.6 is 0 Å². The van der Waals surface area contributed by atoms with Crippen LogP contribution in [0.2, 0.25) is 6.55 Å². The van der Waals surface area contributed by atoms with Crippen LogP contribution in [-0.4, -0.2) is 34.7 Å². The number of rotatable bonds is 10. The zero-order valence-electron chi connectivity index (χ0n) is 11.1. The molecule has 0 aliphatic rings. The van der Waals surface area contributed by atoms with Crippen LogP contribution in [0.5, 0.6) is 0 Å². The van der Waals surface area contributed by atoms with E-state index in [1.165, 1.54) is 0 Å². The smallest absolute Gasteiger partial charge is 0.374 e. The molecular formula is C11H27NO3Si. The zero-order chi connectivity index (χ0) is 12.4. The summed E-state index contributed by atoms with van der Waals surface area (Å²) < 4.78 is 17.2. The molecule has 1 unspecified atom stereocenters. The Kier molecular flexibility index (Phi) is 9.16. The van der Waals surface area contributed by atoms with Crippen molar-refractivity contribution >= 4 is 8.80 Å². The predicted octanol–water partition coefficient (Wildman–Crippen LogP) is 2.16. The minimum Gasteiger partial charge on any atom is -0.374 e. The minimum atomic E-state index is -2.40. The summed E-state index contributed by atoms with van der Waals surface area (Å²) in [6, 6.07) is 0. The van der Waals surface area contributed by atoms with Gasteiger partial charge >= 0.3 is 8.80 Å². The summed E-state index contributed by atoms with van der Waals surface area (Å²) in [6.07, 6.45) is 3.34. The lowest BCUT2D eigenvalue weighted by molar-refractivity contribution is 0.0408. The lowest BCUT2D eigenvalue weighted by atomic mass is 10.2. The number of hydrogen-bond donors (Lipinski definition) is 1. The Morgan fingerprint density at radius 3 is 2.12 bits per heavy atom. The minimum absolute atomic E-state index is 0.182. The van der Waals surface area contributed by atoms with Crippen molar-refractivity contribution in [3.8, 4) is 0 Å². The van der Waals surface area contributed by atoms with Gasteiger partial charge in [-0.2, -0.15) is 0 Å². The van der Waals surface area contributed by atoms with Crippen molar-refractivity contribution in [3.05, 3.63) is 0 Å². The zero-order valence-corrected chi connectivity index (χ0v) is 12.1. The summed E-state index contributed by atoms with van der Waals surface area (Å²) in [5.41, 5.74) is 5.46.